The molecule has 0 spiro atoms. The number of halogens is 1. The summed E-state index contributed by atoms with van der Waals surface area (Å²) >= 11 is -0.194. The number of hydrogen-bond acceptors (Lipinski definition) is 0. The van der Waals surface area contributed by atoms with E-state index in [1.54, 1.807) is 0 Å². The monoisotopic (exact) mass is 440 g/mol. The van der Waals surface area contributed by atoms with Gasteiger partial charge in [0.05, 0.1) is 0 Å². The van der Waals surface area contributed by atoms with E-state index in [0.29, 0.717) is 0 Å². The van der Waals surface area contributed by atoms with Crippen molar-refractivity contribution >= 4 is 0 Å². The van der Waals surface area contributed by atoms with Crippen LogP contribution in [0.2, 0.25) is 0 Å². The first-order valence-electron chi connectivity index (χ1n) is 0.189. The van der Waals surface area contributed by atoms with Crippen LogP contribution >= 0.6 is 0 Å². The maximum atomic E-state index is 9.64. The summed E-state index contributed by atoms with van der Waals surface area (Å²) < 4.78 is 9.64. The molecule has 0 saturated heterocycles. The van der Waals surface area contributed by atoms with E-state index in [1.165, 1.54) is 0 Å². The fourth-order valence-corrected chi connectivity index (χ4v) is 0. The van der Waals surface area contributed by atoms with E-state index in [4.69, 9.17) is 0 Å². The van der Waals surface area contributed by atoms with Crippen LogP contribution in [0.3, 0.4) is 0 Å². The maximum absolute atomic E-state index is 9.64. The molecule has 0 unspecified atom stereocenters. The van der Waals surface area contributed by atoms with Crippen molar-refractivity contribution in [1.82, 2.24) is 0 Å². The van der Waals surface area contributed by atoms with E-state index in [0.717, 1.165) is 0 Å². The van der Waals surface area contributed by atoms with Gasteiger partial charge in [-0.3, -0.25) is 0 Å². The van der Waals surface area contributed by atoms with Crippen LogP contribution in [0.5, 0.6) is 0 Å². The SMILES string of the molecule is [Ce].[F][Nd].[La]. The minimum absolute atomic E-state index is 0. The maximum Gasteiger partial charge on any atom is 0 e. The van der Waals surface area contributed by atoms with Crippen molar-refractivity contribution in [3.05, 3.63) is 0 Å². The fourth-order valence-electron chi connectivity index (χ4n) is 0. The molecule has 4 heteroatoms. The first kappa shape index (κ1) is 15.7. The molecule has 0 saturated carbocycles. The molecule has 0 atom stereocenters. The standard InChI is InChI=1S/Ce.FH.La.Nd/h;1H;;/q;;;+1/p-1. The van der Waals surface area contributed by atoms with Crippen molar-refractivity contribution in [2.24, 2.45) is 0 Å². The van der Waals surface area contributed by atoms with Gasteiger partial charge in [0.25, 0.3) is 0 Å². The summed E-state index contributed by atoms with van der Waals surface area (Å²) in [6.45, 7) is 0. The van der Waals surface area contributed by atoms with Crippen molar-refractivity contribution in [2.75, 3.05) is 0 Å². The van der Waals surface area contributed by atoms with Crippen LogP contribution in [0.4, 0.5) is 1.01 Å². The molecule has 1 radical (unpaired) electrons. The minimum Gasteiger partial charge on any atom is 0 e. The summed E-state index contributed by atoms with van der Waals surface area (Å²) in [6, 6.07) is 0. The summed E-state index contributed by atoms with van der Waals surface area (Å²) in [4.78, 5) is 0. The van der Waals surface area contributed by atoms with Crippen LogP contribution in [0.15, 0.2) is 0 Å². The second kappa shape index (κ2) is 15.8. The van der Waals surface area contributed by atoms with Gasteiger partial charge in [0.15, 0.2) is 0 Å². The van der Waals surface area contributed by atoms with Crippen LogP contribution in [-0.4, -0.2) is 0 Å². The van der Waals surface area contributed by atoms with Crippen LogP contribution in [-0.2, 0) is 0 Å². The van der Waals surface area contributed by atoms with Gasteiger partial charge < -0.3 is 0 Å². The molecule has 0 fully saturated rings. The van der Waals surface area contributed by atoms with Gasteiger partial charge in [0.2, 0.25) is 0 Å². The predicted molar refractivity (Wildman–Crippen MR) is 1.11 cm³/mol. The predicted octanol–water partition coefficient (Wildman–Crippen LogP) is 0.420. The van der Waals surface area contributed by atoms with Crippen molar-refractivity contribution in [3.63, 3.8) is 0 Å². The third kappa shape index (κ3) is 9.28. The molecule has 4 heavy (non-hydrogen) atoms. The smallest absolute Gasteiger partial charge is 0 e. The van der Waals surface area contributed by atoms with E-state index < -0.39 is 0 Å². The van der Waals surface area contributed by atoms with Crippen molar-refractivity contribution < 1.29 is 118 Å². The fraction of sp³-hybridized carbons (Fsp3) is 0. The van der Waals surface area contributed by atoms with Crippen LogP contribution in [0.25, 0.3) is 0 Å². The Bertz CT molecular complexity index is 8.00. The first-order valence-corrected chi connectivity index (χ1v) is 1.40. The normalized spacial score (nSPS) is 1.00. The molecule has 0 bridgehead atoms. The largest absolute Gasteiger partial charge is 0 e. The van der Waals surface area contributed by atoms with E-state index in [1.807, 2.05) is 0 Å². The Labute approximate surface area is 114 Å². The second-order valence-corrected chi connectivity index (χ2v) is 0. The van der Waals surface area contributed by atoms with Crippen molar-refractivity contribution in [1.29, 1.82) is 0 Å². The van der Waals surface area contributed by atoms with E-state index in [9.17, 15) is 1.01 Å². The molecule has 0 amide bonds. The zero-order valence-corrected chi connectivity index (χ0v) is 11.9. The third-order valence-corrected chi connectivity index (χ3v) is 0. The Morgan fingerprint density at radius 1 is 1.25 bits per heavy atom. The van der Waals surface area contributed by atoms with Crippen molar-refractivity contribution in [3.8, 4) is 0 Å². The molecule has 18 valence electrons. The molecule has 0 N–H and O–H groups in total. The summed E-state index contributed by atoms with van der Waals surface area (Å²) in [7, 11) is 0. The molecule has 0 aliphatic carbocycles. The summed E-state index contributed by atoms with van der Waals surface area (Å²) in [5.41, 5.74) is 0. The van der Waals surface area contributed by atoms with Crippen LogP contribution in [0, 0.1) is 117 Å². The van der Waals surface area contributed by atoms with E-state index in [-0.39, 0.29) is 117 Å². The molecular formula is CeFLaNd. The summed E-state index contributed by atoms with van der Waals surface area (Å²) in [5.74, 6) is 0. The molecule has 0 nitrogen and oxygen atoms in total. The molecule has 0 aromatic heterocycles. The Morgan fingerprint density at radius 2 is 1.25 bits per heavy atom. The Morgan fingerprint density at radius 3 is 1.25 bits per heavy atom. The van der Waals surface area contributed by atoms with Crippen LogP contribution in [0.1, 0.15) is 0 Å². The van der Waals surface area contributed by atoms with Gasteiger partial charge in [-0.1, -0.05) is 0 Å². The molecule has 0 aromatic carbocycles. The molecule has 0 aliphatic heterocycles. The average molecular weight is 442 g/mol. The zero-order chi connectivity index (χ0) is 2.00. The number of hydrogen-bond donors (Lipinski definition) is 0. The van der Waals surface area contributed by atoms with Gasteiger partial charge in [-0.2, -0.15) is 0 Å². The summed E-state index contributed by atoms with van der Waals surface area (Å²) in [5, 5.41) is 0. The quantitative estimate of drug-likeness (QED) is 0.511. The minimum atomic E-state index is -0.194. The molecular weight excluding hydrogens is 442 g/mol. The first-order chi connectivity index (χ1) is 1.00. The molecule has 0 aromatic rings. The van der Waals surface area contributed by atoms with Gasteiger partial charge in [0.1, 0.15) is 0 Å². The third-order valence-electron chi connectivity index (χ3n) is 0. The topological polar surface area (TPSA) is 0 Å². The van der Waals surface area contributed by atoms with Crippen molar-refractivity contribution in [2.45, 2.75) is 0 Å². The van der Waals surface area contributed by atoms with Gasteiger partial charge in [-0.25, -0.2) is 0 Å². The molecule has 0 heterocycles. The van der Waals surface area contributed by atoms with Gasteiger partial charge in [-0.05, 0) is 0 Å². The average Bonchev–Trinajstić information content (AvgIpc) is 1.00. The Balaban J connectivity index is -0.00000000500. The van der Waals surface area contributed by atoms with E-state index in [2.05, 4.69) is 0 Å². The van der Waals surface area contributed by atoms with Crippen LogP contribution < -0.4 is 0 Å². The molecule has 0 aliphatic rings. The van der Waals surface area contributed by atoms with E-state index >= 15 is 0 Å². The zero-order valence-electron chi connectivity index (χ0n) is 1.96. The van der Waals surface area contributed by atoms with Gasteiger partial charge >= 0.3 is 40.6 Å². The number of rotatable bonds is 0. The van der Waals surface area contributed by atoms with Gasteiger partial charge in [-0.15, -0.1) is 0 Å². The van der Waals surface area contributed by atoms with Gasteiger partial charge in [0, 0.05) is 77.3 Å². The Hall–Kier alpha value is 3.85. The Kier molecular flexibility index (Phi) is 61.9. The second-order valence-electron chi connectivity index (χ2n) is 0. The summed E-state index contributed by atoms with van der Waals surface area (Å²) in [6.07, 6.45) is 0. The molecule has 0 rings (SSSR count).